The van der Waals surface area contributed by atoms with Crippen LogP contribution in [-0.2, 0) is 6.42 Å². The van der Waals surface area contributed by atoms with Crippen LogP contribution in [-0.4, -0.2) is 18.4 Å². The molecular weight excluding hydrogens is 289 g/mol. The van der Waals surface area contributed by atoms with E-state index in [0.29, 0.717) is 18.2 Å². The fraction of sp³-hybridized carbons (Fsp3) is 0.0667. The first-order chi connectivity index (χ1) is 9.38. The van der Waals surface area contributed by atoms with Gasteiger partial charge in [0.25, 0.3) is 0 Å². The maximum Gasteiger partial charge on any atom is 0.204 e. The normalized spacial score (nSPS) is 9.82. The van der Waals surface area contributed by atoms with Crippen molar-refractivity contribution in [3.05, 3.63) is 60.3 Å². The largest absolute Gasteiger partial charge is 0.440 e. The summed E-state index contributed by atoms with van der Waals surface area (Å²) in [4.78, 5) is 8.82. The zero-order valence-electron chi connectivity index (χ0n) is 10.9. The van der Waals surface area contributed by atoms with Gasteiger partial charge in [-0.3, -0.25) is 9.41 Å². The van der Waals surface area contributed by atoms with Crippen molar-refractivity contribution in [3.63, 3.8) is 0 Å². The Morgan fingerprint density at radius 1 is 0.682 bits per heavy atom. The summed E-state index contributed by atoms with van der Waals surface area (Å²) in [6.07, 6.45) is 0.462. The molecular formula is C15H15BF2N2O2. The summed E-state index contributed by atoms with van der Waals surface area (Å²) in [7, 11) is 0. The fourth-order valence-corrected chi connectivity index (χ4v) is 2.12. The summed E-state index contributed by atoms with van der Waals surface area (Å²) in [6, 6.07) is 15.4. The van der Waals surface area contributed by atoms with Gasteiger partial charge in [-0.15, -0.1) is 0 Å². The maximum absolute atomic E-state index is 5.66. The highest BCUT2D eigenvalue weighted by Gasteiger charge is 2.11. The highest BCUT2D eigenvalue weighted by Crippen LogP contribution is 2.20. The minimum absolute atomic E-state index is 0. The third-order valence-corrected chi connectivity index (χ3v) is 2.98. The van der Waals surface area contributed by atoms with Crippen LogP contribution in [0.25, 0.3) is 22.2 Å². The molecule has 0 spiro atoms. The molecule has 2 aromatic heterocycles. The Morgan fingerprint density at radius 2 is 1.09 bits per heavy atom. The number of rotatable bonds is 2. The van der Waals surface area contributed by atoms with Gasteiger partial charge in [-0.1, -0.05) is 24.3 Å². The molecule has 22 heavy (non-hydrogen) atoms. The molecule has 0 saturated heterocycles. The van der Waals surface area contributed by atoms with Crippen LogP contribution in [0.3, 0.4) is 0 Å². The van der Waals surface area contributed by atoms with Gasteiger partial charge >= 0.3 is 0 Å². The van der Waals surface area contributed by atoms with Crippen LogP contribution < -0.4 is 0 Å². The average molecular weight is 304 g/mol. The summed E-state index contributed by atoms with van der Waals surface area (Å²) < 4.78 is 11.3. The summed E-state index contributed by atoms with van der Waals surface area (Å²) in [6.45, 7) is 0. The van der Waals surface area contributed by atoms with Gasteiger partial charge in [-0.2, -0.15) is 0 Å². The van der Waals surface area contributed by atoms with Gasteiger partial charge in [0.2, 0.25) is 11.8 Å². The molecule has 4 rings (SSSR count). The lowest BCUT2D eigenvalue weighted by Crippen LogP contribution is -1.87. The zero-order valence-corrected chi connectivity index (χ0v) is 10.9. The van der Waals surface area contributed by atoms with Crippen LogP contribution in [0.5, 0.6) is 0 Å². The van der Waals surface area contributed by atoms with Crippen molar-refractivity contribution in [2.24, 2.45) is 0 Å². The van der Waals surface area contributed by atoms with Crippen LogP contribution in [0.2, 0.25) is 0 Å². The van der Waals surface area contributed by atoms with E-state index in [4.69, 9.17) is 8.83 Å². The number of aromatic nitrogens is 2. The molecule has 7 heteroatoms. The number of nitrogens with zero attached hydrogens (tertiary/aromatic N) is 2. The van der Waals surface area contributed by atoms with Crippen molar-refractivity contribution in [2.45, 2.75) is 6.42 Å². The number of oxazole rings is 2. The molecule has 0 aliphatic carbocycles. The average Bonchev–Trinajstić information content (AvgIpc) is 3.00. The van der Waals surface area contributed by atoms with Gasteiger partial charge in [-0.25, -0.2) is 9.97 Å². The summed E-state index contributed by atoms with van der Waals surface area (Å²) in [5, 5.41) is 0. The fourth-order valence-electron chi connectivity index (χ4n) is 2.12. The Labute approximate surface area is 126 Å². The van der Waals surface area contributed by atoms with E-state index >= 15 is 0 Å². The molecule has 0 aliphatic rings. The Balaban J connectivity index is 0.000000807. The second-order valence-electron chi connectivity index (χ2n) is 4.33. The van der Waals surface area contributed by atoms with Gasteiger partial charge in [0, 0.05) is 0 Å². The molecule has 4 nitrogen and oxygen atoms in total. The van der Waals surface area contributed by atoms with Gasteiger partial charge in [0.15, 0.2) is 11.2 Å². The van der Waals surface area contributed by atoms with E-state index in [2.05, 4.69) is 9.97 Å². The van der Waals surface area contributed by atoms with Gasteiger partial charge < -0.3 is 8.83 Å². The highest BCUT2D eigenvalue weighted by molar-refractivity contribution is 5.75. The molecule has 0 bridgehead atoms. The van der Waals surface area contributed by atoms with E-state index in [1.165, 1.54) is 0 Å². The van der Waals surface area contributed by atoms with Gasteiger partial charge in [0.05, 0.1) is 8.41 Å². The van der Waals surface area contributed by atoms with E-state index < -0.39 is 0 Å². The molecule has 0 fully saturated rings. The molecule has 4 aromatic rings. The number of halogens is 2. The molecule has 0 aliphatic heterocycles. The summed E-state index contributed by atoms with van der Waals surface area (Å²) in [5.74, 6) is 1.24. The molecule has 2 heterocycles. The summed E-state index contributed by atoms with van der Waals surface area (Å²) >= 11 is 0. The van der Waals surface area contributed by atoms with Crippen LogP contribution in [0.4, 0.5) is 9.41 Å². The van der Waals surface area contributed by atoms with Gasteiger partial charge in [-0.05, 0) is 24.3 Å². The lowest BCUT2D eigenvalue weighted by atomic mass is 10.3. The van der Waals surface area contributed by atoms with Crippen molar-refractivity contribution >= 4 is 30.6 Å². The molecule has 0 saturated carbocycles. The first kappa shape index (κ1) is 17.4. The third-order valence-electron chi connectivity index (χ3n) is 2.98. The standard InChI is InChI=1S/C15H10N2O2.BH3.2FH/c1-3-7-12-10(5-1)16-14(18-12)9-15-17-11-6-2-4-8-13(11)19-15;;;/h1-8H,9H2;1H3;2*1H. The SMILES string of the molecule is B.F.F.c1ccc2oc(Cc3nc4ccccc4o3)nc2c1. The van der Waals surface area contributed by atoms with E-state index in [9.17, 15) is 0 Å². The molecule has 0 unspecified atom stereocenters. The van der Waals surface area contributed by atoms with E-state index in [-0.39, 0.29) is 17.8 Å². The molecule has 0 amide bonds. The minimum Gasteiger partial charge on any atom is -0.440 e. The van der Waals surface area contributed by atoms with Crippen LogP contribution in [0.15, 0.2) is 57.4 Å². The molecule has 0 radical (unpaired) electrons. The number of hydrogen-bond donors (Lipinski definition) is 0. The van der Waals surface area contributed by atoms with Crippen molar-refractivity contribution in [1.29, 1.82) is 0 Å². The quantitative estimate of drug-likeness (QED) is 0.534. The number of para-hydroxylation sites is 4. The smallest absolute Gasteiger partial charge is 0.204 e. The lowest BCUT2D eigenvalue weighted by Gasteiger charge is -1.87. The van der Waals surface area contributed by atoms with Crippen LogP contribution in [0, 0.1) is 0 Å². The Kier molecular flexibility index (Phi) is 5.40. The van der Waals surface area contributed by atoms with Crippen molar-refractivity contribution in [1.82, 2.24) is 9.97 Å². The van der Waals surface area contributed by atoms with Crippen LogP contribution >= 0.6 is 0 Å². The molecule has 114 valence electrons. The number of hydrogen-bond acceptors (Lipinski definition) is 4. The Morgan fingerprint density at radius 3 is 1.50 bits per heavy atom. The molecule has 0 atom stereocenters. The summed E-state index contributed by atoms with van der Waals surface area (Å²) in [5.41, 5.74) is 3.28. The van der Waals surface area contributed by atoms with E-state index in [0.717, 1.165) is 22.2 Å². The highest BCUT2D eigenvalue weighted by atomic mass is 19.0. The number of benzene rings is 2. The first-order valence-electron chi connectivity index (χ1n) is 6.07. The zero-order chi connectivity index (χ0) is 12.7. The first-order valence-corrected chi connectivity index (χ1v) is 6.07. The molecule has 2 aromatic carbocycles. The second kappa shape index (κ2) is 6.84. The monoisotopic (exact) mass is 304 g/mol. The minimum atomic E-state index is 0. The Hall–Kier alpha value is -2.70. The van der Waals surface area contributed by atoms with Crippen molar-refractivity contribution in [2.75, 3.05) is 0 Å². The third kappa shape index (κ3) is 2.98. The Bertz CT molecular complexity index is 738. The van der Waals surface area contributed by atoms with Gasteiger partial charge in [0.1, 0.15) is 17.5 Å². The predicted octanol–water partition coefficient (Wildman–Crippen LogP) is 2.68. The lowest BCUT2D eigenvalue weighted by molar-refractivity contribution is 0.488. The molecule has 0 N–H and O–H groups in total. The second-order valence-corrected chi connectivity index (χ2v) is 4.33. The van der Waals surface area contributed by atoms with Crippen molar-refractivity contribution < 1.29 is 18.2 Å². The number of fused-ring (bicyclic) bond motifs is 2. The topological polar surface area (TPSA) is 52.1 Å². The van der Waals surface area contributed by atoms with E-state index in [1.54, 1.807) is 0 Å². The van der Waals surface area contributed by atoms with Crippen molar-refractivity contribution in [3.8, 4) is 0 Å². The van der Waals surface area contributed by atoms with E-state index in [1.807, 2.05) is 48.5 Å². The predicted molar refractivity (Wildman–Crippen MR) is 85.8 cm³/mol. The maximum atomic E-state index is 5.66. The van der Waals surface area contributed by atoms with Crippen LogP contribution in [0.1, 0.15) is 11.8 Å².